The standard InChI is InChI=1S/C10H7BrN4S2.C8H8BrNOS.C2H2BrN3S/c1-16-8-3-2-6(4-12-8)7-5-15-10(13-7)17-9(11)14-15;1-12-8-3-2-6(5-10-8)7(11)4-9;3-1-5-6-2(4)7-1/h2-5H,1H3;2-3,5H,4H2,1H3;(H2,4,6). The molecule has 9 nitrogen and oxygen atoms in total. The van der Waals surface area contributed by atoms with Gasteiger partial charge in [-0.05, 0) is 68.6 Å². The second-order valence-electron chi connectivity index (χ2n) is 6.34. The smallest absolute Gasteiger partial charge is 0.213 e. The maximum absolute atomic E-state index is 11.1. The molecule has 16 heteroatoms. The molecule has 0 atom stereocenters. The number of nitrogen functional groups attached to an aromatic ring is 1. The van der Waals surface area contributed by atoms with Crippen molar-refractivity contribution in [1.82, 2.24) is 34.8 Å². The van der Waals surface area contributed by atoms with Crippen LogP contribution in [-0.4, -0.2) is 58.4 Å². The second-order valence-corrected chi connectivity index (χ2v) is 13.1. The Bertz CT molecular complexity index is 1360. The first-order valence-corrected chi connectivity index (χ1v) is 16.5. The first kappa shape index (κ1) is 29.1. The van der Waals surface area contributed by atoms with E-state index >= 15 is 0 Å². The fraction of sp³-hybridized carbons (Fsp3) is 0.150. The van der Waals surface area contributed by atoms with Crippen LogP contribution in [0.3, 0.4) is 0 Å². The fourth-order valence-electron chi connectivity index (χ4n) is 2.43. The van der Waals surface area contributed by atoms with E-state index in [-0.39, 0.29) is 5.78 Å². The van der Waals surface area contributed by atoms with E-state index in [1.807, 2.05) is 43.1 Å². The van der Waals surface area contributed by atoms with Crippen molar-refractivity contribution in [3.8, 4) is 11.3 Å². The SMILES string of the molecule is CSc1ccc(-c2cn3nc(Br)sc3n2)cn1.CSc1ccc(C(=O)CBr)cn1.Nc1nnc(Br)s1. The van der Waals surface area contributed by atoms with Crippen LogP contribution in [0, 0.1) is 0 Å². The molecule has 0 bridgehead atoms. The van der Waals surface area contributed by atoms with Gasteiger partial charge in [0.2, 0.25) is 10.1 Å². The quantitative estimate of drug-likeness (QED) is 0.119. The topological polar surface area (TPSA) is 125 Å². The molecule has 0 saturated carbocycles. The number of hydrogen-bond donors (Lipinski definition) is 1. The van der Waals surface area contributed by atoms with Crippen molar-refractivity contribution in [1.29, 1.82) is 0 Å². The zero-order chi connectivity index (χ0) is 26.1. The van der Waals surface area contributed by atoms with Gasteiger partial charge in [0.1, 0.15) is 0 Å². The van der Waals surface area contributed by atoms with E-state index in [1.54, 1.807) is 40.3 Å². The number of halogens is 3. The molecule has 0 unspecified atom stereocenters. The maximum atomic E-state index is 11.1. The highest BCUT2D eigenvalue weighted by Gasteiger charge is 2.08. The van der Waals surface area contributed by atoms with E-state index in [4.69, 9.17) is 5.73 Å². The largest absolute Gasteiger partial charge is 0.374 e. The number of aromatic nitrogens is 7. The molecule has 0 aliphatic rings. The van der Waals surface area contributed by atoms with Crippen LogP contribution in [0.4, 0.5) is 5.13 Å². The number of carbonyl (C=O) groups is 1. The third-order valence-electron chi connectivity index (χ3n) is 4.06. The number of fused-ring (bicyclic) bond motifs is 1. The minimum Gasteiger partial charge on any atom is -0.374 e. The molecule has 5 rings (SSSR count). The summed E-state index contributed by atoms with van der Waals surface area (Å²) in [7, 11) is 0. The zero-order valence-electron chi connectivity index (χ0n) is 18.6. The summed E-state index contributed by atoms with van der Waals surface area (Å²) in [5.41, 5.74) is 7.76. The van der Waals surface area contributed by atoms with Crippen LogP contribution in [0.25, 0.3) is 16.2 Å². The lowest BCUT2D eigenvalue weighted by Gasteiger charge is -1.97. The van der Waals surface area contributed by atoms with Gasteiger partial charge in [-0.2, -0.15) is 0 Å². The first-order valence-electron chi connectivity index (χ1n) is 9.68. The van der Waals surface area contributed by atoms with Gasteiger partial charge in [0.25, 0.3) is 0 Å². The summed E-state index contributed by atoms with van der Waals surface area (Å²) in [6, 6.07) is 7.67. The van der Waals surface area contributed by atoms with Crippen LogP contribution in [0.5, 0.6) is 0 Å². The Morgan fingerprint density at radius 3 is 2.14 bits per heavy atom. The monoisotopic (exact) mass is 750 g/mol. The Morgan fingerprint density at radius 1 is 1.00 bits per heavy atom. The molecule has 0 aliphatic heterocycles. The Hall–Kier alpha value is -1.43. The highest BCUT2D eigenvalue weighted by atomic mass is 79.9. The van der Waals surface area contributed by atoms with Crippen molar-refractivity contribution >= 4 is 110 Å². The van der Waals surface area contributed by atoms with Gasteiger partial charge in [0, 0.05) is 23.5 Å². The van der Waals surface area contributed by atoms with Gasteiger partial charge in [0.05, 0.1) is 27.3 Å². The van der Waals surface area contributed by atoms with E-state index in [9.17, 15) is 4.79 Å². The van der Waals surface area contributed by atoms with E-state index in [0.717, 1.165) is 34.1 Å². The molecular formula is C20H17Br3N8OS4. The molecule has 0 saturated heterocycles. The molecule has 0 spiro atoms. The van der Waals surface area contributed by atoms with Gasteiger partial charge >= 0.3 is 0 Å². The van der Waals surface area contributed by atoms with Crippen molar-refractivity contribution in [3.63, 3.8) is 0 Å². The van der Waals surface area contributed by atoms with Crippen molar-refractivity contribution in [2.45, 2.75) is 10.1 Å². The van der Waals surface area contributed by atoms with Gasteiger partial charge in [0.15, 0.2) is 13.6 Å². The summed E-state index contributed by atoms with van der Waals surface area (Å²) >= 11 is 15.6. The van der Waals surface area contributed by atoms with E-state index in [0.29, 0.717) is 16.0 Å². The van der Waals surface area contributed by atoms with Crippen LogP contribution in [-0.2, 0) is 0 Å². The summed E-state index contributed by atoms with van der Waals surface area (Å²) in [6.07, 6.45) is 9.32. The number of Topliss-reactive ketones (excluding diaryl/α,β-unsaturated/α-hetero) is 1. The molecule has 5 heterocycles. The number of hydrogen-bond acceptors (Lipinski definition) is 12. The number of imidazole rings is 1. The molecule has 0 aliphatic carbocycles. The summed E-state index contributed by atoms with van der Waals surface area (Å²) in [4.78, 5) is 24.9. The number of anilines is 1. The predicted octanol–water partition coefficient (Wildman–Crippen LogP) is 6.60. The number of ketones is 1. The summed E-state index contributed by atoms with van der Waals surface area (Å²) in [5.74, 6) is 0.0650. The Kier molecular flexibility index (Phi) is 11.7. The first-order chi connectivity index (χ1) is 17.3. The third kappa shape index (κ3) is 8.56. The Balaban J connectivity index is 0.000000165. The van der Waals surface area contributed by atoms with Gasteiger partial charge in [-0.15, -0.1) is 38.8 Å². The number of nitrogens with two attached hydrogens (primary N) is 1. The molecule has 0 fully saturated rings. The normalized spacial score (nSPS) is 10.4. The van der Waals surface area contributed by atoms with Gasteiger partial charge in [-0.3, -0.25) is 4.79 Å². The molecule has 5 aromatic heterocycles. The van der Waals surface area contributed by atoms with Crippen LogP contribution in [0.2, 0.25) is 0 Å². The number of rotatable bonds is 5. The highest BCUT2D eigenvalue weighted by molar-refractivity contribution is 9.11. The molecule has 5 aromatic rings. The summed E-state index contributed by atoms with van der Waals surface area (Å²) < 4.78 is 3.33. The average molecular weight is 753 g/mol. The molecule has 188 valence electrons. The second kappa shape index (κ2) is 14.5. The number of pyridine rings is 2. The predicted molar refractivity (Wildman–Crippen MR) is 160 cm³/mol. The van der Waals surface area contributed by atoms with Crippen molar-refractivity contribution in [2.24, 2.45) is 0 Å². The van der Waals surface area contributed by atoms with Gasteiger partial charge in [-0.1, -0.05) is 38.6 Å². The maximum Gasteiger partial charge on any atom is 0.213 e. The lowest BCUT2D eigenvalue weighted by Crippen LogP contribution is -2.00. The molecule has 2 N–H and O–H groups in total. The van der Waals surface area contributed by atoms with E-state index in [1.165, 1.54) is 22.7 Å². The van der Waals surface area contributed by atoms with Crippen molar-refractivity contribution < 1.29 is 4.79 Å². The Morgan fingerprint density at radius 2 is 1.69 bits per heavy atom. The number of carbonyl (C=O) groups excluding carboxylic acids is 1. The van der Waals surface area contributed by atoms with Crippen LogP contribution in [0.1, 0.15) is 10.4 Å². The minimum absolute atomic E-state index is 0.0650. The van der Waals surface area contributed by atoms with E-state index in [2.05, 4.69) is 78.0 Å². The summed E-state index contributed by atoms with van der Waals surface area (Å²) in [6.45, 7) is 0. The summed E-state index contributed by atoms with van der Waals surface area (Å²) in [5, 5.41) is 14.1. The third-order valence-corrected chi connectivity index (χ3v) is 8.43. The highest BCUT2D eigenvalue weighted by Crippen LogP contribution is 2.25. The Labute approximate surface area is 248 Å². The average Bonchev–Trinajstić information content (AvgIpc) is 3.58. The van der Waals surface area contributed by atoms with Crippen molar-refractivity contribution in [2.75, 3.05) is 23.6 Å². The van der Waals surface area contributed by atoms with Crippen LogP contribution < -0.4 is 5.73 Å². The van der Waals surface area contributed by atoms with Crippen LogP contribution >= 0.6 is 94.0 Å². The number of alkyl halides is 1. The zero-order valence-corrected chi connectivity index (χ0v) is 26.7. The molecule has 0 aromatic carbocycles. The number of nitrogens with zero attached hydrogens (tertiary/aromatic N) is 7. The molecule has 36 heavy (non-hydrogen) atoms. The lowest BCUT2D eigenvalue weighted by atomic mass is 10.2. The minimum atomic E-state index is 0.0650. The fourth-order valence-corrected chi connectivity index (χ4v) is 5.60. The molecule has 0 radical (unpaired) electrons. The molecular weight excluding hydrogens is 736 g/mol. The molecule has 0 amide bonds. The van der Waals surface area contributed by atoms with Crippen molar-refractivity contribution in [3.05, 3.63) is 56.3 Å². The lowest BCUT2D eigenvalue weighted by molar-refractivity contribution is 0.102. The van der Waals surface area contributed by atoms with Crippen LogP contribution in [0.15, 0.2) is 60.7 Å². The number of thioether (sulfide) groups is 2. The van der Waals surface area contributed by atoms with Gasteiger partial charge < -0.3 is 5.73 Å². The van der Waals surface area contributed by atoms with E-state index < -0.39 is 0 Å². The van der Waals surface area contributed by atoms with Gasteiger partial charge in [-0.25, -0.2) is 19.5 Å².